The molecule has 2 aromatic carbocycles. The van der Waals surface area contributed by atoms with Crippen LogP contribution in [0, 0.1) is 5.82 Å². The van der Waals surface area contributed by atoms with E-state index in [1.807, 2.05) is 24.3 Å². The van der Waals surface area contributed by atoms with Gasteiger partial charge in [0, 0.05) is 30.0 Å². The normalized spacial score (nSPS) is 22.3. The average Bonchev–Trinajstić information content (AvgIpc) is 2.67. The maximum absolute atomic E-state index is 13.3. The Morgan fingerprint density at radius 2 is 1.78 bits per heavy atom. The first-order valence-electron chi connectivity index (χ1n) is 9.00. The lowest BCUT2D eigenvalue weighted by Gasteiger charge is -2.34. The van der Waals surface area contributed by atoms with E-state index in [1.165, 1.54) is 12.1 Å². The van der Waals surface area contributed by atoms with Crippen LogP contribution in [0.2, 0.25) is 0 Å². The number of hydrogen-bond acceptors (Lipinski definition) is 3. The van der Waals surface area contributed by atoms with Crippen molar-refractivity contribution in [1.29, 1.82) is 0 Å². The molecule has 0 fully saturated rings. The second-order valence-corrected chi connectivity index (χ2v) is 7.05. The van der Waals surface area contributed by atoms with Crippen LogP contribution in [0.5, 0.6) is 5.75 Å². The fraction of sp³-hybridized carbons (Fsp3) is 0.273. The first-order valence-corrected chi connectivity index (χ1v) is 9.00. The molecule has 2 unspecified atom stereocenters. The van der Waals surface area contributed by atoms with Gasteiger partial charge in [-0.25, -0.2) is 4.39 Å². The van der Waals surface area contributed by atoms with Crippen molar-refractivity contribution in [3.63, 3.8) is 0 Å². The topological polar surface area (TPSA) is 55.4 Å². The molecule has 138 valence electrons. The van der Waals surface area contributed by atoms with Crippen LogP contribution < -0.4 is 10.1 Å². The Bertz CT molecular complexity index is 933. The van der Waals surface area contributed by atoms with Crippen molar-refractivity contribution in [1.82, 2.24) is 5.32 Å². The largest absolute Gasteiger partial charge is 0.497 e. The Kier molecular flexibility index (Phi) is 4.52. The summed E-state index contributed by atoms with van der Waals surface area (Å²) < 4.78 is 18.6. The van der Waals surface area contributed by atoms with E-state index in [-0.39, 0.29) is 35.8 Å². The number of amides is 1. The van der Waals surface area contributed by atoms with Gasteiger partial charge in [-0.1, -0.05) is 24.3 Å². The molecule has 1 aliphatic carbocycles. The van der Waals surface area contributed by atoms with E-state index >= 15 is 0 Å². The summed E-state index contributed by atoms with van der Waals surface area (Å²) >= 11 is 0. The highest BCUT2D eigenvalue weighted by molar-refractivity contribution is 6.02. The van der Waals surface area contributed by atoms with Gasteiger partial charge >= 0.3 is 0 Å². The minimum atomic E-state index is -0.332. The summed E-state index contributed by atoms with van der Waals surface area (Å²) in [4.78, 5) is 25.3. The number of carbonyl (C=O) groups is 2. The van der Waals surface area contributed by atoms with Gasteiger partial charge in [0.15, 0.2) is 5.78 Å². The van der Waals surface area contributed by atoms with Gasteiger partial charge in [-0.3, -0.25) is 9.59 Å². The maximum Gasteiger partial charge on any atom is 0.225 e. The number of benzene rings is 2. The molecule has 0 saturated heterocycles. The molecule has 4 rings (SSSR count). The number of allylic oxidation sites excluding steroid dienone is 2. The third-order valence-corrected chi connectivity index (χ3v) is 5.37. The Labute approximate surface area is 157 Å². The van der Waals surface area contributed by atoms with Crippen LogP contribution in [0.4, 0.5) is 4.39 Å². The number of Topliss-reactive ketones (excluding diaryl/α,β-unsaturated/α-hetero) is 1. The molecule has 0 spiro atoms. The molecule has 1 aliphatic heterocycles. The van der Waals surface area contributed by atoms with Crippen molar-refractivity contribution >= 4 is 11.7 Å². The molecule has 0 aromatic heterocycles. The molecule has 1 amide bonds. The quantitative estimate of drug-likeness (QED) is 0.899. The van der Waals surface area contributed by atoms with E-state index in [9.17, 15) is 14.0 Å². The minimum Gasteiger partial charge on any atom is -0.497 e. The lowest BCUT2D eigenvalue weighted by Crippen LogP contribution is -2.38. The zero-order valence-electron chi connectivity index (χ0n) is 15.0. The van der Waals surface area contributed by atoms with Gasteiger partial charge in [0.2, 0.25) is 5.91 Å². The Morgan fingerprint density at radius 3 is 2.52 bits per heavy atom. The molecule has 4 nitrogen and oxygen atoms in total. The van der Waals surface area contributed by atoms with E-state index in [2.05, 4.69) is 5.32 Å². The first-order chi connectivity index (χ1) is 13.0. The summed E-state index contributed by atoms with van der Waals surface area (Å²) in [6, 6.07) is 13.7. The Morgan fingerprint density at radius 1 is 1.00 bits per heavy atom. The Hall–Kier alpha value is -2.95. The van der Waals surface area contributed by atoms with Crippen molar-refractivity contribution in [2.45, 2.75) is 31.1 Å². The molecule has 0 saturated carbocycles. The van der Waals surface area contributed by atoms with Crippen LogP contribution >= 0.6 is 0 Å². The Balaban J connectivity index is 1.69. The lowest BCUT2D eigenvalue weighted by molar-refractivity contribution is -0.122. The smallest absolute Gasteiger partial charge is 0.225 e. The number of ether oxygens (including phenoxy) is 1. The van der Waals surface area contributed by atoms with Crippen LogP contribution in [-0.4, -0.2) is 18.8 Å². The van der Waals surface area contributed by atoms with Gasteiger partial charge in [0.25, 0.3) is 0 Å². The summed E-state index contributed by atoms with van der Waals surface area (Å²) in [5.41, 5.74) is 3.18. The number of nitrogens with one attached hydrogen (secondary N) is 1. The van der Waals surface area contributed by atoms with Gasteiger partial charge in [-0.05, 0) is 47.7 Å². The third kappa shape index (κ3) is 3.37. The molecule has 1 N–H and O–H groups in total. The predicted octanol–water partition coefficient (Wildman–Crippen LogP) is 3.84. The number of rotatable bonds is 3. The fourth-order valence-corrected chi connectivity index (χ4v) is 4.07. The fourth-order valence-electron chi connectivity index (χ4n) is 4.07. The van der Waals surface area contributed by atoms with E-state index < -0.39 is 0 Å². The standard InChI is InChI=1S/C22H20FNO3/c1-27-17-4-2-3-14(9-17)15-10-19-22(20(25)11-15)18(12-21(26)24-19)13-5-7-16(23)8-6-13/h2-9,15,18H,10-12H2,1H3,(H,24,26). The number of halogens is 1. The zero-order chi connectivity index (χ0) is 19.0. The van der Waals surface area contributed by atoms with Crippen LogP contribution in [0.3, 0.4) is 0 Å². The van der Waals surface area contributed by atoms with Crippen molar-refractivity contribution in [3.8, 4) is 5.75 Å². The molecular weight excluding hydrogens is 345 g/mol. The number of carbonyl (C=O) groups excluding carboxylic acids is 2. The predicted molar refractivity (Wildman–Crippen MR) is 98.9 cm³/mol. The van der Waals surface area contributed by atoms with E-state index in [0.29, 0.717) is 24.1 Å². The number of hydrogen-bond donors (Lipinski definition) is 1. The molecular formula is C22H20FNO3. The van der Waals surface area contributed by atoms with Gasteiger partial charge in [0.05, 0.1) is 7.11 Å². The van der Waals surface area contributed by atoms with Crippen LogP contribution in [0.25, 0.3) is 0 Å². The zero-order valence-corrected chi connectivity index (χ0v) is 15.0. The lowest BCUT2D eigenvalue weighted by atomic mass is 9.73. The number of ketones is 1. The van der Waals surface area contributed by atoms with Gasteiger partial charge < -0.3 is 10.1 Å². The average molecular weight is 365 g/mol. The summed E-state index contributed by atoms with van der Waals surface area (Å²) in [7, 11) is 1.61. The van der Waals surface area contributed by atoms with Gasteiger partial charge in [0.1, 0.15) is 11.6 Å². The number of methoxy groups -OCH3 is 1. The maximum atomic E-state index is 13.3. The highest BCUT2D eigenvalue weighted by Crippen LogP contribution is 2.42. The highest BCUT2D eigenvalue weighted by atomic mass is 19.1. The molecule has 0 bridgehead atoms. The van der Waals surface area contributed by atoms with Gasteiger partial charge in [-0.2, -0.15) is 0 Å². The van der Waals surface area contributed by atoms with Crippen molar-refractivity contribution in [2.24, 2.45) is 0 Å². The second kappa shape index (κ2) is 6.99. The van der Waals surface area contributed by atoms with E-state index in [0.717, 1.165) is 16.9 Å². The monoisotopic (exact) mass is 365 g/mol. The van der Waals surface area contributed by atoms with E-state index in [1.54, 1.807) is 19.2 Å². The summed E-state index contributed by atoms with van der Waals surface area (Å²) in [5, 5.41) is 2.90. The minimum absolute atomic E-state index is 0.00128. The SMILES string of the molecule is COc1cccc(C2CC(=O)C3=C(C2)NC(=O)CC3c2ccc(F)cc2)c1. The summed E-state index contributed by atoms with van der Waals surface area (Å²) in [6.07, 6.45) is 1.19. The molecule has 0 radical (unpaired) electrons. The van der Waals surface area contributed by atoms with Crippen molar-refractivity contribution < 1.29 is 18.7 Å². The first kappa shape index (κ1) is 17.5. The van der Waals surface area contributed by atoms with E-state index in [4.69, 9.17) is 4.74 Å². The third-order valence-electron chi connectivity index (χ3n) is 5.37. The van der Waals surface area contributed by atoms with Crippen molar-refractivity contribution in [3.05, 3.63) is 76.7 Å². The summed E-state index contributed by atoms with van der Waals surface area (Å²) in [5.74, 6) is 0.0326. The molecule has 2 aliphatic rings. The van der Waals surface area contributed by atoms with Crippen LogP contribution in [0.15, 0.2) is 59.8 Å². The van der Waals surface area contributed by atoms with Crippen LogP contribution in [-0.2, 0) is 9.59 Å². The molecule has 5 heteroatoms. The second-order valence-electron chi connectivity index (χ2n) is 7.05. The molecule has 27 heavy (non-hydrogen) atoms. The van der Waals surface area contributed by atoms with Gasteiger partial charge in [-0.15, -0.1) is 0 Å². The molecule has 2 aromatic rings. The molecule has 2 atom stereocenters. The molecule has 1 heterocycles. The summed E-state index contributed by atoms with van der Waals surface area (Å²) in [6.45, 7) is 0. The van der Waals surface area contributed by atoms with Crippen LogP contribution in [0.1, 0.15) is 42.2 Å². The van der Waals surface area contributed by atoms with Crippen molar-refractivity contribution in [2.75, 3.05) is 7.11 Å². The highest BCUT2D eigenvalue weighted by Gasteiger charge is 2.38.